The molecule has 0 heterocycles. The molecule has 108 valence electrons. The lowest BCUT2D eigenvalue weighted by molar-refractivity contribution is 0.0697. The van der Waals surface area contributed by atoms with Crippen molar-refractivity contribution in [2.24, 2.45) is 0 Å². The van der Waals surface area contributed by atoms with E-state index < -0.39 is 34.8 Å². The van der Waals surface area contributed by atoms with Crippen molar-refractivity contribution in [1.29, 1.82) is 0 Å². The zero-order valence-electron chi connectivity index (χ0n) is 10.4. The molecule has 0 aliphatic heterocycles. The number of para-hydroxylation sites is 1. The number of carbonyl (C=O) groups excluding carboxylic acids is 1. The lowest BCUT2D eigenvalue weighted by Gasteiger charge is -2.10. The van der Waals surface area contributed by atoms with Crippen LogP contribution < -0.4 is 5.32 Å². The van der Waals surface area contributed by atoms with Crippen LogP contribution in [0.1, 0.15) is 20.7 Å². The zero-order valence-corrected chi connectivity index (χ0v) is 11.9. The molecule has 0 saturated heterocycles. The summed E-state index contributed by atoms with van der Waals surface area (Å²) in [5, 5.41) is 11.1. The van der Waals surface area contributed by atoms with E-state index in [-0.39, 0.29) is 5.56 Å². The molecule has 0 saturated carbocycles. The first kappa shape index (κ1) is 15.1. The van der Waals surface area contributed by atoms with E-state index in [1.165, 1.54) is 12.1 Å². The third kappa shape index (κ3) is 3.25. The molecular weight excluding hydrogens is 348 g/mol. The first-order valence-electron chi connectivity index (χ1n) is 5.68. The molecule has 0 unspecified atom stereocenters. The molecule has 0 fully saturated rings. The molecule has 2 rings (SSSR count). The molecule has 0 spiro atoms. The van der Waals surface area contributed by atoms with Gasteiger partial charge in [0.2, 0.25) is 0 Å². The SMILES string of the molecule is O=C(Nc1c(F)cccc1C(=O)O)c1cc(F)ccc1Br. The molecule has 0 radical (unpaired) electrons. The number of anilines is 1. The second-order valence-electron chi connectivity index (χ2n) is 4.05. The third-order valence-corrected chi connectivity index (χ3v) is 3.35. The largest absolute Gasteiger partial charge is 0.478 e. The maximum atomic E-state index is 13.7. The number of carboxylic acids is 1. The molecule has 2 N–H and O–H groups in total. The highest BCUT2D eigenvalue weighted by molar-refractivity contribution is 9.10. The summed E-state index contributed by atoms with van der Waals surface area (Å²) in [5.41, 5.74) is -0.934. The van der Waals surface area contributed by atoms with Crippen molar-refractivity contribution in [3.05, 3.63) is 63.6 Å². The van der Waals surface area contributed by atoms with Gasteiger partial charge in [-0.3, -0.25) is 4.79 Å². The van der Waals surface area contributed by atoms with Gasteiger partial charge in [0, 0.05) is 4.47 Å². The number of amides is 1. The predicted molar refractivity (Wildman–Crippen MR) is 75.4 cm³/mol. The number of nitrogens with one attached hydrogen (secondary N) is 1. The Bertz CT molecular complexity index is 734. The summed E-state index contributed by atoms with van der Waals surface area (Å²) in [7, 11) is 0. The summed E-state index contributed by atoms with van der Waals surface area (Å²) in [6.07, 6.45) is 0. The van der Waals surface area contributed by atoms with Gasteiger partial charge in [-0.1, -0.05) is 6.07 Å². The zero-order chi connectivity index (χ0) is 15.6. The van der Waals surface area contributed by atoms with E-state index in [1.54, 1.807) is 0 Å². The molecule has 0 aliphatic carbocycles. The summed E-state index contributed by atoms with van der Waals surface area (Å²) in [6, 6.07) is 6.81. The average Bonchev–Trinajstić information content (AvgIpc) is 2.43. The van der Waals surface area contributed by atoms with Crippen molar-refractivity contribution < 1.29 is 23.5 Å². The Balaban J connectivity index is 2.41. The van der Waals surface area contributed by atoms with Crippen LogP contribution in [0.3, 0.4) is 0 Å². The van der Waals surface area contributed by atoms with Gasteiger partial charge in [-0.2, -0.15) is 0 Å². The molecule has 0 bridgehead atoms. The fraction of sp³-hybridized carbons (Fsp3) is 0. The molecule has 7 heteroatoms. The molecule has 0 atom stereocenters. The van der Waals surface area contributed by atoms with Crippen molar-refractivity contribution in [1.82, 2.24) is 0 Å². The van der Waals surface area contributed by atoms with Crippen LogP contribution >= 0.6 is 15.9 Å². The monoisotopic (exact) mass is 355 g/mol. The normalized spacial score (nSPS) is 10.2. The van der Waals surface area contributed by atoms with Gasteiger partial charge >= 0.3 is 5.97 Å². The van der Waals surface area contributed by atoms with Crippen molar-refractivity contribution in [2.75, 3.05) is 5.32 Å². The molecule has 2 aromatic rings. The highest BCUT2D eigenvalue weighted by atomic mass is 79.9. The highest BCUT2D eigenvalue weighted by Gasteiger charge is 2.19. The van der Waals surface area contributed by atoms with Crippen LogP contribution in [-0.2, 0) is 0 Å². The van der Waals surface area contributed by atoms with Gasteiger partial charge in [0.05, 0.1) is 16.8 Å². The van der Waals surface area contributed by atoms with E-state index in [0.717, 1.165) is 24.3 Å². The van der Waals surface area contributed by atoms with Crippen LogP contribution in [-0.4, -0.2) is 17.0 Å². The van der Waals surface area contributed by atoms with Crippen molar-refractivity contribution in [3.8, 4) is 0 Å². The summed E-state index contributed by atoms with van der Waals surface area (Å²) in [6.45, 7) is 0. The summed E-state index contributed by atoms with van der Waals surface area (Å²) >= 11 is 3.07. The van der Waals surface area contributed by atoms with E-state index in [0.29, 0.717) is 4.47 Å². The van der Waals surface area contributed by atoms with Gasteiger partial charge in [-0.25, -0.2) is 13.6 Å². The number of hydrogen-bond acceptors (Lipinski definition) is 2. The minimum atomic E-state index is -1.39. The first-order valence-corrected chi connectivity index (χ1v) is 6.47. The fourth-order valence-corrected chi connectivity index (χ4v) is 2.11. The maximum absolute atomic E-state index is 13.7. The van der Waals surface area contributed by atoms with Gasteiger partial charge in [0.15, 0.2) is 0 Å². The minimum absolute atomic E-state index is 0.0745. The summed E-state index contributed by atoms with van der Waals surface area (Å²) in [4.78, 5) is 23.1. The molecule has 1 amide bonds. The topological polar surface area (TPSA) is 66.4 Å². The molecule has 2 aromatic carbocycles. The standard InChI is InChI=1S/C14H8BrF2NO3/c15-10-5-4-7(16)6-9(10)13(19)18-12-8(14(20)21)2-1-3-11(12)17/h1-6H,(H,18,19)(H,20,21). The van der Waals surface area contributed by atoms with Crippen LogP contribution in [0.2, 0.25) is 0 Å². The van der Waals surface area contributed by atoms with Crippen molar-refractivity contribution in [2.45, 2.75) is 0 Å². The molecule has 4 nitrogen and oxygen atoms in total. The van der Waals surface area contributed by atoms with Crippen LogP contribution in [0, 0.1) is 11.6 Å². The number of aromatic carboxylic acids is 1. The quantitative estimate of drug-likeness (QED) is 0.882. The number of rotatable bonds is 3. The molecular formula is C14H8BrF2NO3. The molecule has 0 aliphatic rings. The maximum Gasteiger partial charge on any atom is 0.337 e. The van der Waals surface area contributed by atoms with Gasteiger partial charge in [0.25, 0.3) is 5.91 Å². The van der Waals surface area contributed by atoms with E-state index in [9.17, 15) is 18.4 Å². The van der Waals surface area contributed by atoms with E-state index >= 15 is 0 Å². The van der Waals surface area contributed by atoms with Gasteiger partial charge in [-0.05, 0) is 46.3 Å². The van der Waals surface area contributed by atoms with Gasteiger partial charge in [-0.15, -0.1) is 0 Å². The average molecular weight is 356 g/mol. The van der Waals surface area contributed by atoms with E-state index in [2.05, 4.69) is 21.2 Å². The lowest BCUT2D eigenvalue weighted by atomic mass is 10.1. The van der Waals surface area contributed by atoms with E-state index in [1.807, 2.05) is 0 Å². The van der Waals surface area contributed by atoms with E-state index in [4.69, 9.17) is 5.11 Å². The minimum Gasteiger partial charge on any atom is -0.478 e. The van der Waals surface area contributed by atoms with Gasteiger partial charge < -0.3 is 10.4 Å². The lowest BCUT2D eigenvalue weighted by Crippen LogP contribution is -2.17. The third-order valence-electron chi connectivity index (χ3n) is 2.66. The Labute approximate surface area is 126 Å². The van der Waals surface area contributed by atoms with Crippen LogP contribution in [0.25, 0.3) is 0 Å². The Morgan fingerprint density at radius 2 is 1.81 bits per heavy atom. The Kier molecular flexibility index (Phi) is 4.32. The van der Waals surface area contributed by atoms with Crippen molar-refractivity contribution >= 4 is 33.5 Å². The number of halogens is 3. The predicted octanol–water partition coefficient (Wildman–Crippen LogP) is 3.68. The number of carbonyl (C=O) groups is 2. The summed E-state index contributed by atoms with van der Waals surface area (Å²) in [5.74, 6) is -3.75. The Morgan fingerprint density at radius 3 is 2.48 bits per heavy atom. The first-order chi connectivity index (χ1) is 9.90. The highest BCUT2D eigenvalue weighted by Crippen LogP contribution is 2.23. The second kappa shape index (κ2) is 6.01. The van der Waals surface area contributed by atoms with Crippen molar-refractivity contribution in [3.63, 3.8) is 0 Å². The Hall–Kier alpha value is -2.28. The fourth-order valence-electron chi connectivity index (χ4n) is 1.68. The van der Waals surface area contributed by atoms with Gasteiger partial charge in [0.1, 0.15) is 11.6 Å². The summed E-state index contributed by atoms with van der Waals surface area (Å²) < 4.78 is 27.2. The molecule has 0 aromatic heterocycles. The second-order valence-corrected chi connectivity index (χ2v) is 4.90. The molecule has 21 heavy (non-hydrogen) atoms. The van der Waals surface area contributed by atoms with Crippen LogP contribution in [0.15, 0.2) is 40.9 Å². The van der Waals surface area contributed by atoms with Crippen LogP contribution in [0.5, 0.6) is 0 Å². The number of carboxylic acid groups (broad SMARTS) is 1. The number of benzene rings is 2. The number of hydrogen-bond donors (Lipinski definition) is 2. The Morgan fingerprint density at radius 1 is 1.10 bits per heavy atom. The van der Waals surface area contributed by atoms with Crippen LogP contribution in [0.4, 0.5) is 14.5 Å². The smallest absolute Gasteiger partial charge is 0.337 e.